The molecule has 0 spiro atoms. The van der Waals surface area contributed by atoms with Crippen LogP contribution in [-0.4, -0.2) is 15.7 Å². The molecule has 0 radical (unpaired) electrons. The molecule has 1 aromatic heterocycles. The van der Waals surface area contributed by atoms with E-state index in [-0.39, 0.29) is 12.3 Å². The smallest absolute Gasteiger partial charge is 0.294 e. The Bertz CT molecular complexity index is 375. The molecule has 1 aromatic rings. The van der Waals surface area contributed by atoms with Gasteiger partial charge in [0, 0.05) is 19.2 Å². The van der Waals surface area contributed by atoms with Crippen LogP contribution in [0.4, 0.5) is 13.2 Å². The van der Waals surface area contributed by atoms with Gasteiger partial charge in [0.15, 0.2) is 0 Å². The summed E-state index contributed by atoms with van der Waals surface area (Å²) in [6.45, 7) is 0.341. The van der Waals surface area contributed by atoms with E-state index in [0.29, 0.717) is 19.4 Å². The van der Waals surface area contributed by atoms with Crippen molar-refractivity contribution in [2.45, 2.75) is 32.0 Å². The molecule has 0 fully saturated rings. The number of nitrogens with one attached hydrogen (secondary N) is 1. The zero-order valence-corrected chi connectivity index (χ0v) is 9.00. The van der Waals surface area contributed by atoms with E-state index in [1.165, 1.54) is 4.68 Å². The van der Waals surface area contributed by atoms with Crippen molar-refractivity contribution in [1.82, 2.24) is 15.2 Å². The Balaban J connectivity index is 2.33. The van der Waals surface area contributed by atoms with Crippen LogP contribution >= 0.6 is 0 Å². The predicted molar refractivity (Wildman–Crippen MR) is 53.4 cm³/mol. The summed E-state index contributed by atoms with van der Waals surface area (Å²) in [7, 11) is 0. The topological polar surface area (TPSA) is 72.9 Å². The number of hydrogen-bond donors (Lipinski definition) is 2. The molecule has 0 saturated carbocycles. The molecular weight excluding hydrogens is 237 g/mol. The van der Waals surface area contributed by atoms with Gasteiger partial charge in [0.25, 0.3) is 0 Å². The first-order valence-electron chi connectivity index (χ1n) is 5.02. The van der Waals surface area contributed by atoms with E-state index in [0.717, 1.165) is 12.4 Å². The van der Waals surface area contributed by atoms with Crippen molar-refractivity contribution in [3.05, 3.63) is 18.0 Å². The van der Waals surface area contributed by atoms with Gasteiger partial charge in [0.05, 0.1) is 11.8 Å². The van der Waals surface area contributed by atoms with Crippen molar-refractivity contribution in [2.24, 2.45) is 5.84 Å². The summed E-state index contributed by atoms with van der Waals surface area (Å²) in [4.78, 5) is 10.8. The first-order chi connectivity index (χ1) is 7.93. The molecule has 0 atom stereocenters. The van der Waals surface area contributed by atoms with Crippen molar-refractivity contribution in [3.63, 3.8) is 0 Å². The minimum absolute atomic E-state index is 0.254. The summed E-state index contributed by atoms with van der Waals surface area (Å²) in [5, 5.41) is 3.59. The third kappa shape index (κ3) is 4.43. The quantitative estimate of drug-likeness (QED) is 0.355. The number of carbonyl (C=O) groups is 1. The average Bonchev–Trinajstić information content (AvgIpc) is 2.72. The number of hydrogen-bond acceptors (Lipinski definition) is 3. The Labute approximate surface area is 95.7 Å². The standard InChI is InChI=1S/C9H13F3N4O/c10-9(11,12)7-5-14-16(6-7)4-2-1-3-8(17)15-13/h5-6H,1-4,13H2,(H,15,17). The summed E-state index contributed by atoms with van der Waals surface area (Å²) in [6, 6.07) is 0. The summed E-state index contributed by atoms with van der Waals surface area (Å²) >= 11 is 0. The lowest BCUT2D eigenvalue weighted by molar-refractivity contribution is -0.137. The van der Waals surface area contributed by atoms with Crippen LogP contribution in [0.25, 0.3) is 0 Å². The molecule has 0 bridgehead atoms. The molecule has 0 aliphatic carbocycles. The Hall–Kier alpha value is -1.57. The molecule has 8 heteroatoms. The highest BCUT2D eigenvalue weighted by atomic mass is 19.4. The van der Waals surface area contributed by atoms with E-state index in [1.807, 2.05) is 5.43 Å². The van der Waals surface area contributed by atoms with Gasteiger partial charge in [0.1, 0.15) is 0 Å². The number of hydrazine groups is 1. The Morgan fingerprint density at radius 3 is 2.71 bits per heavy atom. The average molecular weight is 250 g/mol. The van der Waals surface area contributed by atoms with Gasteiger partial charge in [-0.3, -0.25) is 14.9 Å². The third-order valence-electron chi connectivity index (χ3n) is 2.16. The lowest BCUT2D eigenvalue weighted by Gasteiger charge is -2.02. The molecular formula is C9H13F3N4O. The monoisotopic (exact) mass is 250 g/mol. The van der Waals surface area contributed by atoms with Crippen molar-refractivity contribution >= 4 is 5.91 Å². The fourth-order valence-corrected chi connectivity index (χ4v) is 1.26. The summed E-state index contributed by atoms with van der Waals surface area (Å²) < 4.78 is 37.9. The van der Waals surface area contributed by atoms with Gasteiger partial charge >= 0.3 is 6.18 Å². The van der Waals surface area contributed by atoms with E-state index in [9.17, 15) is 18.0 Å². The van der Waals surface area contributed by atoms with Crippen LogP contribution in [0.1, 0.15) is 24.8 Å². The molecule has 3 N–H and O–H groups in total. The SMILES string of the molecule is NNC(=O)CCCCn1cc(C(F)(F)F)cn1. The minimum Gasteiger partial charge on any atom is -0.294 e. The van der Waals surface area contributed by atoms with Gasteiger partial charge in [-0.2, -0.15) is 18.3 Å². The second-order valence-electron chi connectivity index (χ2n) is 3.51. The maximum absolute atomic E-state index is 12.2. The molecule has 1 amide bonds. The number of nitrogens with zero attached hydrogens (tertiary/aromatic N) is 2. The van der Waals surface area contributed by atoms with Crippen molar-refractivity contribution in [2.75, 3.05) is 0 Å². The van der Waals surface area contributed by atoms with E-state index in [1.54, 1.807) is 0 Å². The van der Waals surface area contributed by atoms with E-state index in [4.69, 9.17) is 5.84 Å². The number of halogens is 3. The zero-order chi connectivity index (χ0) is 12.9. The van der Waals surface area contributed by atoms with Crippen LogP contribution in [-0.2, 0) is 17.5 Å². The fraction of sp³-hybridized carbons (Fsp3) is 0.556. The molecule has 96 valence electrons. The van der Waals surface area contributed by atoms with Crippen molar-refractivity contribution < 1.29 is 18.0 Å². The first kappa shape index (κ1) is 13.5. The molecule has 0 aliphatic heterocycles. The zero-order valence-electron chi connectivity index (χ0n) is 9.00. The minimum atomic E-state index is -4.36. The molecule has 0 unspecified atom stereocenters. The van der Waals surface area contributed by atoms with Gasteiger partial charge in [0.2, 0.25) is 5.91 Å². The van der Waals surface area contributed by atoms with Crippen LogP contribution < -0.4 is 11.3 Å². The highest BCUT2D eigenvalue weighted by Crippen LogP contribution is 2.28. The van der Waals surface area contributed by atoms with Crippen LogP contribution in [0.2, 0.25) is 0 Å². The number of aryl methyl sites for hydroxylation is 1. The molecule has 1 rings (SSSR count). The highest BCUT2D eigenvalue weighted by molar-refractivity contribution is 5.74. The predicted octanol–water partition coefficient (Wildman–Crippen LogP) is 1.06. The summed E-state index contributed by atoms with van der Waals surface area (Å²) in [5.74, 6) is 4.58. The number of alkyl halides is 3. The van der Waals surface area contributed by atoms with Gasteiger partial charge in [-0.15, -0.1) is 0 Å². The first-order valence-corrected chi connectivity index (χ1v) is 5.02. The number of aromatic nitrogens is 2. The second-order valence-corrected chi connectivity index (χ2v) is 3.51. The Kier molecular flexibility index (Phi) is 4.50. The lowest BCUT2D eigenvalue weighted by atomic mass is 10.2. The summed E-state index contributed by atoms with van der Waals surface area (Å²) in [5.41, 5.74) is 1.21. The van der Waals surface area contributed by atoms with Crippen molar-refractivity contribution in [1.29, 1.82) is 0 Å². The highest BCUT2D eigenvalue weighted by Gasteiger charge is 2.31. The molecule has 5 nitrogen and oxygen atoms in total. The molecule has 0 saturated heterocycles. The van der Waals surface area contributed by atoms with E-state index < -0.39 is 11.7 Å². The number of carbonyl (C=O) groups excluding carboxylic acids is 1. The van der Waals surface area contributed by atoms with Gasteiger partial charge in [-0.05, 0) is 12.8 Å². The molecule has 0 aliphatic rings. The van der Waals surface area contributed by atoms with Gasteiger partial charge in [-0.25, -0.2) is 5.84 Å². The van der Waals surface area contributed by atoms with Crippen LogP contribution in [0, 0.1) is 0 Å². The molecule has 1 heterocycles. The third-order valence-corrected chi connectivity index (χ3v) is 2.16. The largest absolute Gasteiger partial charge is 0.419 e. The normalized spacial score (nSPS) is 11.5. The van der Waals surface area contributed by atoms with E-state index >= 15 is 0 Å². The van der Waals surface area contributed by atoms with Crippen LogP contribution in [0.5, 0.6) is 0 Å². The Morgan fingerprint density at radius 2 is 2.18 bits per heavy atom. The van der Waals surface area contributed by atoms with Crippen LogP contribution in [0.15, 0.2) is 12.4 Å². The fourth-order valence-electron chi connectivity index (χ4n) is 1.26. The van der Waals surface area contributed by atoms with Crippen molar-refractivity contribution in [3.8, 4) is 0 Å². The number of nitrogens with two attached hydrogens (primary N) is 1. The lowest BCUT2D eigenvalue weighted by Crippen LogP contribution is -2.29. The molecule has 0 aromatic carbocycles. The second kappa shape index (κ2) is 5.67. The number of rotatable bonds is 5. The maximum Gasteiger partial charge on any atom is 0.419 e. The van der Waals surface area contributed by atoms with Gasteiger partial charge < -0.3 is 0 Å². The number of unbranched alkanes of at least 4 members (excludes halogenated alkanes) is 1. The number of amides is 1. The van der Waals surface area contributed by atoms with E-state index in [2.05, 4.69) is 5.10 Å². The molecule has 17 heavy (non-hydrogen) atoms. The van der Waals surface area contributed by atoms with Crippen LogP contribution in [0.3, 0.4) is 0 Å². The Morgan fingerprint density at radius 1 is 1.47 bits per heavy atom. The maximum atomic E-state index is 12.2. The van der Waals surface area contributed by atoms with Gasteiger partial charge in [-0.1, -0.05) is 0 Å². The summed E-state index contributed by atoms with van der Waals surface area (Å²) in [6.07, 6.45) is -1.27.